The summed E-state index contributed by atoms with van der Waals surface area (Å²) in [5, 5.41) is 12.9. The number of rotatable bonds is 7. The first-order chi connectivity index (χ1) is 13.1. The fourth-order valence-corrected chi connectivity index (χ4v) is 3.14. The summed E-state index contributed by atoms with van der Waals surface area (Å²) in [4.78, 5) is 25.6. The third kappa shape index (κ3) is 5.30. The number of urea groups is 1. The van der Waals surface area contributed by atoms with E-state index in [0.29, 0.717) is 25.5 Å². The number of nitrogens with zero attached hydrogens (tertiary/aromatic N) is 3. The topological polar surface area (TPSA) is 91.3 Å². The standard InChI is InChI=1S/C19H26N6O2/c1-15(16-6-3-2-4-7-16)25-17(8-10-22-25)23-19(27)21-9-5-12-24-13-11-20-18(26)14-24/h2-4,6-8,10,15H,5,9,11-14H2,1H3,(H,20,26)(H2,21,23,27)/t15-/m1/s1. The van der Waals surface area contributed by atoms with Crippen LogP contribution in [0.4, 0.5) is 10.6 Å². The van der Waals surface area contributed by atoms with E-state index >= 15 is 0 Å². The fraction of sp³-hybridized carbons (Fsp3) is 0.421. The van der Waals surface area contributed by atoms with Gasteiger partial charge in [0.15, 0.2) is 0 Å². The number of carbonyl (C=O) groups is 2. The first-order valence-corrected chi connectivity index (χ1v) is 9.26. The Balaban J connectivity index is 1.45. The minimum Gasteiger partial charge on any atom is -0.354 e. The molecule has 0 spiro atoms. The van der Waals surface area contributed by atoms with Crippen LogP contribution in [0.5, 0.6) is 0 Å². The molecule has 3 rings (SSSR count). The van der Waals surface area contributed by atoms with E-state index in [-0.39, 0.29) is 18.0 Å². The minimum absolute atomic E-state index is 0.0155. The normalized spacial score (nSPS) is 15.8. The van der Waals surface area contributed by atoms with E-state index < -0.39 is 0 Å². The van der Waals surface area contributed by atoms with E-state index in [1.54, 1.807) is 16.9 Å². The van der Waals surface area contributed by atoms with E-state index in [2.05, 4.69) is 25.9 Å². The lowest BCUT2D eigenvalue weighted by Crippen LogP contribution is -2.48. The van der Waals surface area contributed by atoms with E-state index in [1.165, 1.54) is 0 Å². The Morgan fingerprint density at radius 3 is 2.89 bits per heavy atom. The molecule has 2 heterocycles. The summed E-state index contributed by atoms with van der Waals surface area (Å²) in [6.45, 7) is 5.36. The van der Waals surface area contributed by atoms with Crippen LogP contribution in [0.1, 0.15) is 24.9 Å². The maximum absolute atomic E-state index is 12.2. The maximum atomic E-state index is 12.2. The molecule has 1 saturated heterocycles. The number of hydrogen-bond donors (Lipinski definition) is 3. The van der Waals surface area contributed by atoms with Gasteiger partial charge in [-0.3, -0.25) is 15.0 Å². The molecule has 0 radical (unpaired) electrons. The number of piperazine rings is 1. The van der Waals surface area contributed by atoms with Crippen LogP contribution in [0.15, 0.2) is 42.6 Å². The Morgan fingerprint density at radius 2 is 2.11 bits per heavy atom. The van der Waals surface area contributed by atoms with Gasteiger partial charge in [0.1, 0.15) is 5.82 Å². The second-order valence-electron chi connectivity index (χ2n) is 6.61. The summed E-state index contributed by atoms with van der Waals surface area (Å²) in [6.07, 6.45) is 2.47. The van der Waals surface area contributed by atoms with Crippen molar-refractivity contribution in [1.29, 1.82) is 0 Å². The molecule has 1 aromatic heterocycles. The van der Waals surface area contributed by atoms with Crippen molar-refractivity contribution in [3.05, 3.63) is 48.2 Å². The lowest BCUT2D eigenvalue weighted by Gasteiger charge is -2.26. The molecule has 1 aromatic carbocycles. The highest BCUT2D eigenvalue weighted by Crippen LogP contribution is 2.21. The molecule has 1 aliphatic rings. The van der Waals surface area contributed by atoms with Crippen LogP contribution in [0.2, 0.25) is 0 Å². The molecule has 8 heteroatoms. The first-order valence-electron chi connectivity index (χ1n) is 9.26. The van der Waals surface area contributed by atoms with Crippen LogP contribution >= 0.6 is 0 Å². The molecule has 0 bridgehead atoms. The highest BCUT2D eigenvalue weighted by molar-refractivity contribution is 5.88. The lowest BCUT2D eigenvalue weighted by atomic mass is 10.1. The van der Waals surface area contributed by atoms with Crippen LogP contribution in [-0.2, 0) is 4.79 Å². The van der Waals surface area contributed by atoms with Gasteiger partial charge in [0.25, 0.3) is 0 Å². The van der Waals surface area contributed by atoms with E-state index in [0.717, 1.165) is 25.1 Å². The van der Waals surface area contributed by atoms with Gasteiger partial charge in [-0.1, -0.05) is 30.3 Å². The monoisotopic (exact) mass is 370 g/mol. The van der Waals surface area contributed by atoms with Gasteiger partial charge < -0.3 is 10.6 Å². The number of nitrogens with one attached hydrogen (secondary N) is 3. The minimum atomic E-state index is -0.256. The van der Waals surface area contributed by atoms with Gasteiger partial charge in [-0.25, -0.2) is 9.48 Å². The zero-order valence-electron chi connectivity index (χ0n) is 15.5. The van der Waals surface area contributed by atoms with Gasteiger partial charge in [0.2, 0.25) is 5.91 Å². The number of carbonyl (C=O) groups excluding carboxylic acids is 2. The largest absolute Gasteiger partial charge is 0.354 e. The summed E-state index contributed by atoms with van der Waals surface area (Å²) in [5.41, 5.74) is 1.12. The van der Waals surface area contributed by atoms with Crippen LogP contribution in [0.25, 0.3) is 0 Å². The Hall–Kier alpha value is -2.87. The second kappa shape index (κ2) is 9.18. The number of hydrogen-bond acceptors (Lipinski definition) is 4. The van der Waals surface area contributed by atoms with Crippen molar-refractivity contribution in [2.45, 2.75) is 19.4 Å². The summed E-state index contributed by atoms with van der Waals surface area (Å²) in [6, 6.07) is 11.6. The SMILES string of the molecule is C[C@H](c1ccccc1)n1nccc1NC(=O)NCCCN1CCNC(=O)C1. The highest BCUT2D eigenvalue weighted by atomic mass is 16.2. The summed E-state index contributed by atoms with van der Waals surface area (Å²) in [5.74, 6) is 0.712. The van der Waals surface area contributed by atoms with Crippen molar-refractivity contribution in [2.24, 2.45) is 0 Å². The molecule has 1 fully saturated rings. The number of anilines is 1. The van der Waals surface area contributed by atoms with E-state index in [4.69, 9.17) is 0 Å². The van der Waals surface area contributed by atoms with Gasteiger partial charge in [-0.05, 0) is 18.9 Å². The van der Waals surface area contributed by atoms with E-state index in [9.17, 15) is 9.59 Å². The third-order valence-corrected chi connectivity index (χ3v) is 4.61. The van der Waals surface area contributed by atoms with Crippen molar-refractivity contribution >= 4 is 17.8 Å². The Morgan fingerprint density at radius 1 is 1.30 bits per heavy atom. The quantitative estimate of drug-likeness (QED) is 0.643. The molecule has 2 aromatic rings. The number of benzene rings is 1. The molecule has 0 saturated carbocycles. The molecule has 0 unspecified atom stereocenters. The molecular formula is C19H26N6O2. The van der Waals surface area contributed by atoms with Crippen LogP contribution in [0.3, 0.4) is 0 Å². The fourth-order valence-electron chi connectivity index (χ4n) is 3.14. The lowest BCUT2D eigenvalue weighted by molar-refractivity contribution is -0.124. The Kier molecular flexibility index (Phi) is 6.43. The average Bonchev–Trinajstić information content (AvgIpc) is 3.13. The highest BCUT2D eigenvalue weighted by Gasteiger charge is 2.16. The van der Waals surface area contributed by atoms with E-state index in [1.807, 2.05) is 37.3 Å². The predicted molar refractivity (Wildman–Crippen MR) is 104 cm³/mol. The molecule has 3 amide bonds. The van der Waals surface area contributed by atoms with Crippen LogP contribution in [-0.4, -0.2) is 59.3 Å². The maximum Gasteiger partial charge on any atom is 0.320 e. The summed E-state index contributed by atoms with van der Waals surface area (Å²) in [7, 11) is 0. The molecule has 1 aliphatic heterocycles. The predicted octanol–water partition coefficient (Wildman–Crippen LogP) is 1.44. The summed E-state index contributed by atoms with van der Waals surface area (Å²) < 4.78 is 1.79. The molecule has 27 heavy (non-hydrogen) atoms. The van der Waals surface area contributed by atoms with Gasteiger partial charge in [-0.2, -0.15) is 5.10 Å². The molecule has 0 aliphatic carbocycles. The van der Waals surface area contributed by atoms with Gasteiger partial charge >= 0.3 is 6.03 Å². The molecule has 144 valence electrons. The molecular weight excluding hydrogens is 344 g/mol. The third-order valence-electron chi connectivity index (χ3n) is 4.61. The molecule has 3 N–H and O–H groups in total. The smallest absolute Gasteiger partial charge is 0.320 e. The molecule has 8 nitrogen and oxygen atoms in total. The Labute approximate surface area is 158 Å². The zero-order chi connectivity index (χ0) is 19.1. The van der Waals surface area contributed by atoms with Crippen molar-refractivity contribution in [3.8, 4) is 0 Å². The van der Waals surface area contributed by atoms with Crippen molar-refractivity contribution in [3.63, 3.8) is 0 Å². The average molecular weight is 370 g/mol. The summed E-state index contributed by atoms with van der Waals surface area (Å²) >= 11 is 0. The van der Waals surface area contributed by atoms with Crippen molar-refractivity contribution in [2.75, 3.05) is 38.0 Å². The number of aromatic nitrogens is 2. The Bertz CT molecular complexity index is 761. The van der Waals surface area contributed by atoms with Crippen molar-refractivity contribution < 1.29 is 9.59 Å². The van der Waals surface area contributed by atoms with Crippen LogP contribution in [0, 0.1) is 0 Å². The van der Waals surface area contributed by atoms with Gasteiger partial charge in [0.05, 0.1) is 18.8 Å². The van der Waals surface area contributed by atoms with Crippen molar-refractivity contribution in [1.82, 2.24) is 25.3 Å². The van der Waals surface area contributed by atoms with Gasteiger partial charge in [0, 0.05) is 32.2 Å². The van der Waals surface area contributed by atoms with Crippen LogP contribution < -0.4 is 16.0 Å². The second-order valence-corrected chi connectivity index (χ2v) is 6.61. The number of amides is 3. The molecule has 1 atom stereocenters. The van der Waals surface area contributed by atoms with Gasteiger partial charge in [-0.15, -0.1) is 0 Å². The first kappa shape index (κ1) is 18.9. The zero-order valence-corrected chi connectivity index (χ0v) is 15.5.